The Hall–Kier alpha value is -2.37. The van der Waals surface area contributed by atoms with Gasteiger partial charge in [0.05, 0.1) is 17.3 Å². The standard InChI is InChI=1S/C13H15N3O3/c1-3-15-8-12(7-14-15)19-9-11-5-4-6-13(10(11)2)16(17)18/h4-8H,3,9H2,1-2H3. The van der Waals surface area contributed by atoms with E-state index < -0.39 is 0 Å². The summed E-state index contributed by atoms with van der Waals surface area (Å²) in [6.07, 6.45) is 3.43. The highest BCUT2D eigenvalue weighted by Crippen LogP contribution is 2.22. The van der Waals surface area contributed by atoms with Gasteiger partial charge in [-0.15, -0.1) is 0 Å². The van der Waals surface area contributed by atoms with Gasteiger partial charge < -0.3 is 4.74 Å². The first kappa shape index (κ1) is 13.1. The zero-order valence-corrected chi connectivity index (χ0v) is 10.9. The molecule has 0 saturated carbocycles. The minimum atomic E-state index is -0.381. The lowest BCUT2D eigenvalue weighted by atomic mass is 10.1. The highest BCUT2D eigenvalue weighted by atomic mass is 16.6. The summed E-state index contributed by atoms with van der Waals surface area (Å²) in [5.41, 5.74) is 1.55. The SMILES string of the molecule is CCn1cc(OCc2cccc([N+](=O)[O-])c2C)cn1. The highest BCUT2D eigenvalue weighted by molar-refractivity contribution is 5.44. The number of nitro groups is 1. The fourth-order valence-corrected chi connectivity index (χ4v) is 1.78. The van der Waals surface area contributed by atoms with Crippen molar-refractivity contribution in [1.29, 1.82) is 0 Å². The Bertz CT molecular complexity index is 593. The van der Waals surface area contributed by atoms with E-state index in [9.17, 15) is 10.1 Å². The van der Waals surface area contributed by atoms with E-state index in [2.05, 4.69) is 5.10 Å². The number of nitro benzene ring substituents is 1. The summed E-state index contributed by atoms with van der Waals surface area (Å²) in [7, 11) is 0. The number of hydrogen-bond donors (Lipinski definition) is 0. The maximum atomic E-state index is 10.8. The van der Waals surface area contributed by atoms with Gasteiger partial charge in [0.15, 0.2) is 5.75 Å². The predicted octanol–water partition coefficient (Wildman–Crippen LogP) is 2.70. The topological polar surface area (TPSA) is 70.2 Å². The van der Waals surface area contributed by atoms with E-state index in [1.54, 1.807) is 30.1 Å². The number of ether oxygens (including phenoxy) is 1. The van der Waals surface area contributed by atoms with E-state index in [1.807, 2.05) is 13.0 Å². The van der Waals surface area contributed by atoms with Crippen molar-refractivity contribution in [3.8, 4) is 5.75 Å². The van der Waals surface area contributed by atoms with Gasteiger partial charge in [0.2, 0.25) is 0 Å². The molecule has 6 heteroatoms. The van der Waals surface area contributed by atoms with Gasteiger partial charge in [0.25, 0.3) is 5.69 Å². The summed E-state index contributed by atoms with van der Waals surface area (Å²) in [5, 5.41) is 14.9. The molecule has 0 spiro atoms. The van der Waals surface area contributed by atoms with Crippen molar-refractivity contribution < 1.29 is 9.66 Å². The molecule has 6 nitrogen and oxygen atoms in total. The zero-order chi connectivity index (χ0) is 13.8. The van der Waals surface area contributed by atoms with Crippen molar-refractivity contribution in [2.45, 2.75) is 27.0 Å². The maximum Gasteiger partial charge on any atom is 0.272 e. The van der Waals surface area contributed by atoms with Gasteiger partial charge >= 0.3 is 0 Å². The fourth-order valence-electron chi connectivity index (χ4n) is 1.78. The third-order valence-corrected chi connectivity index (χ3v) is 2.94. The smallest absolute Gasteiger partial charge is 0.272 e. The summed E-state index contributed by atoms with van der Waals surface area (Å²) in [5.74, 6) is 0.660. The van der Waals surface area contributed by atoms with Crippen molar-refractivity contribution >= 4 is 5.69 Å². The van der Waals surface area contributed by atoms with E-state index in [0.717, 1.165) is 12.1 Å². The van der Waals surface area contributed by atoms with Crippen LogP contribution in [0.2, 0.25) is 0 Å². The minimum absolute atomic E-state index is 0.116. The van der Waals surface area contributed by atoms with Crippen LogP contribution in [-0.2, 0) is 13.2 Å². The van der Waals surface area contributed by atoms with Gasteiger partial charge in [-0.25, -0.2) is 0 Å². The van der Waals surface area contributed by atoms with Crippen LogP contribution in [0, 0.1) is 17.0 Å². The third kappa shape index (κ3) is 2.90. The van der Waals surface area contributed by atoms with Crippen LogP contribution in [0.25, 0.3) is 0 Å². The number of nitrogens with zero attached hydrogens (tertiary/aromatic N) is 3. The van der Waals surface area contributed by atoms with Crippen molar-refractivity contribution in [2.75, 3.05) is 0 Å². The zero-order valence-electron chi connectivity index (χ0n) is 10.9. The second-order valence-electron chi connectivity index (χ2n) is 4.14. The molecule has 19 heavy (non-hydrogen) atoms. The average molecular weight is 261 g/mol. The molecule has 0 amide bonds. The van der Waals surface area contributed by atoms with E-state index in [-0.39, 0.29) is 10.6 Å². The summed E-state index contributed by atoms with van der Waals surface area (Å²) in [4.78, 5) is 10.5. The summed E-state index contributed by atoms with van der Waals surface area (Å²) in [6, 6.07) is 4.99. The van der Waals surface area contributed by atoms with Crippen LogP contribution in [0.15, 0.2) is 30.6 Å². The van der Waals surface area contributed by atoms with Crippen LogP contribution in [-0.4, -0.2) is 14.7 Å². The molecule has 1 aromatic heterocycles. The summed E-state index contributed by atoms with van der Waals surface area (Å²) >= 11 is 0. The normalized spacial score (nSPS) is 10.4. The molecule has 100 valence electrons. The van der Waals surface area contributed by atoms with Gasteiger partial charge in [0, 0.05) is 18.2 Å². The van der Waals surface area contributed by atoms with Crippen molar-refractivity contribution in [1.82, 2.24) is 9.78 Å². The Morgan fingerprint density at radius 1 is 1.47 bits per heavy atom. The highest BCUT2D eigenvalue weighted by Gasteiger charge is 2.13. The molecule has 0 unspecified atom stereocenters. The van der Waals surface area contributed by atoms with Crippen LogP contribution < -0.4 is 4.74 Å². The Morgan fingerprint density at radius 2 is 2.26 bits per heavy atom. The van der Waals surface area contributed by atoms with Crippen molar-refractivity contribution in [3.63, 3.8) is 0 Å². The lowest BCUT2D eigenvalue weighted by Crippen LogP contribution is -2.00. The van der Waals surface area contributed by atoms with E-state index in [4.69, 9.17) is 4.74 Å². The van der Waals surface area contributed by atoms with E-state index in [1.165, 1.54) is 6.07 Å². The van der Waals surface area contributed by atoms with Crippen LogP contribution in [0.1, 0.15) is 18.1 Å². The quantitative estimate of drug-likeness (QED) is 0.613. The van der Waals surface area contributed by atoms with E-state index in [0.29, 0.717) is 17.9 Å². The number of aromatic nitrogens is 2. The van der Waals surface area contributed by atoms with Crippen LogP contribution >= 0.6 is 0 Å². The number of rotatable bonds is 5. The number of hydrogen-bond acceptors (Lipinski definition) is 4. The van der Waals surface area contributed by atoms with Crippen LogP contribution in [0.5, 0.6) is 5.75 Å². The molecule has 2 rings (SSSR count). The average Bonchev–Trinajstić information content (AvgIpc) is 2.85. The molecule has 0 N–H and O–H groups in total. The van der Waals surface area contributed by atoms with Crippen LogP contribution in [0.3, 0.4) is 0 Å². The predicted molar refractivity (Wildman–Crippen MR) is 70.1 cm³/mol. The van der Waals surface area contributed by atoms with Gasteiger partial charge in [0.1, 0.15) is 6.61 Å². The van der Waals surface area contributed by atoms with Crippen molar-refractivity contribution in [2.24, 2.45) is 0 Å². The fraction of sp³-hybridized carbons (Fsp3) is 0.308. The van der Waals surface area contributed by atoms with E-state index >= 15 is 0 Å². The molecule has 1 aromatic carbocycles. The largest absolute Gasteiger partial charge is 0.486 e. The molecule has 0 atom stereocenters. The molecule has 0 fully saturated rings. The molecule has 0 aliphatic heterocycles. The molecule has 2 aromatic rings. The minimum Gasteiger partial charge on any atom is -0.486 e. The first-order valence-electron chi connectivity index (χ1n) is 6.00. The van der Waals surface area contributed by atoms with Crippen LogP contribution in [0.4, 0.5) is 5.69 Å². The molecule has 0 aliphatic carbocycles. The van der Waals surface area contributed by atoms with Gasteiger partial charge in [-0.3, -0.25) is 14.8 Å². The molecule has 1 heterocycles. The Labute approximate surface area is 110 Å². The van der Waals surface area contributed by atoms with Crippen molar-refractivity contribution in [3.05, 3.63) is 51.8 Å². The second kappa shape index (κ2) is 5.51. The monoisotopic (exact) mass is 261 g/mol. The third-order valence-electron chi connectivity index (χ3n) is 2.94. The molecule has 0 aliphatic rings. The Balaban J connectivity index is 2.11. The second-order valence-corrected chi connectivity index (χ2v) is 4.14. The molecule has 0 radical (unpaired) electrons. The lowest BCUT2D eigenvalue weighted by molar-refractivity contribution is -0.385. The van der Waals surface area contributed by atoms with Gasteiger partial charge in [-0.2, -0.15) is 5.10 Å². The number of benzene rings is 1. The molecular weight excluding hydrogens is 246 g/mol. The summed E-state index contributed by atoms with van der Waals surface area (Å²) < 4.78 is 7.34. The maximum absolute atomic E-state index is 10.8. The first-order valence-corrected chi connectivity index (χ1v) is 6.00. The summed E-state index contributed by atoms with van der Waals surface area (Å²) in [6.45, 7) is 4.79. The van der Waals surface area contributed by atoms with Gasteiger partial charge in [-0.1, -0.05) is 12.1 Å². The number of aryl methyl sites for hydroxylation is 1. The Kier molecular flexibility index (Phi) is 3.79. The Morgan fingerprint density at radius 3 is 2.89 bits per heavy atom. The lowest BCUT2D eigenvalue weighted by Gasteiger charge is -2.07. The first-order chi connectivity index (χ1) is 9.11. The van der Waals surface area contributed by atoms with Gasteiger partial charge in [-0.05, 0) is 19.4 Å². The molecular formula is C13H15N3O3. The molecule has 0 saturated heterocycles. The molecule has 0 bridgehead atoms.